The maximum atomic E-state index is 13.4. The van der Waals surface area contributed by atoms with Crippen LogP contribution in [0.2, 0.25) is 5.02 Å². The third-order valence-corrected chi connectivity index (χ3v) is 6.92. The maximum Gasteiger partial charge on any atom is 0.256 e. The predicted octanol–water partition coefficient (Wildman–Crippen LogP) is 4.91. The summed E-state index contributed by atoms with van der Waals surface area (Å²) in [4.78, 5) is 33.8. The van der Waals surface area contributed by atoms with Crippen LogP contribution in [0.1, 0.15) is 33.7 Å². The minimum absolute atomic E-state index is 0.00911. The van der Waals surface area contributed by atoms with Gasteiger partial charge in [-0.1, -0.05) is 35.9 Å². The van der Waals surface area contributed by atoms with E-state index in [0.717, 1.165) is 41.0 Å². The van der Waals surface area contributed by atoms with Gasteiger partial charge in [0.15, 0.2) is 0 Å². The SMILES string of the molecule is Cc1cc(C(=O)N2CC[C@@H](N(C)C)C2)c(/C=C2\C(=O)Nc3cccc(-c4ccc(Cl)cc4)c32)[nH]1. The van der Waals surface area contributed by atoms with Crippen molar-refractivity contribution in [3.05, 3.63) is 76.1 Å². The molecule has 5 rings (SSSR count). The van der Waals surface area contributed by atoms with Crippen LogP contribution in [0.5, 0.6) is 0 Å². The summed E-state index contributed by atoms with van der Waals surface area (Å²) in [5.74, 6) is -0.193. The van der Waals surface area contributed by atoms with E-state index in [0.29, 0.717) is 34.4 Å². The number of carbonyl (C=O) groups is 2. The van der Waals surface area contributed by atoms with Crippen molar-refractivity contribution in [1.29, 1.82) is 0 Å². The fraction of sp³-hybridized carbons (Fsp3) is 0.259. The van der Waals surface area contributed by atoms with Gasteiger partial charge in [0, 0.05) is 41.1 Å². The highest BCUT2D eigenvalue weighted by molar-refractivity contribution is 6.36. The molecule has 0 unspecified atom stereocenters. The monoisotopic (exact) mass is 474 g/mol. The molecule has 2 amide bonds. The lowest BCUT2D eigenvalue weighted by molar-refractivity contribution is -0.110. The highest BCUT2D eigenvalue weighted by Gasteiger charge is 2.31. The van der Waals surface area contributed by atoms with E-state index >= 15 is 0 Å². The minimum atomic E-state index is -0.184. The Hall–Kier alpha value is -3.35. The Morgan fingerprint density at radius 1 is 1.18 bits per heavy atom. The first kappa shape index (κ1) is 22.4. The van der Waals surface area contributed by atoms with Crippen molar-refractivity contribution in [2.45, 2.75) is 19.4 Å². The van der Waals surface area contributed by atoms with Crippen LogP contribution in [0.4, 0.5) is 5.69 Å². The second-order valence-electron chi connectivity index (χ2n) is 9.18. The van der Waals surface area contributed by atoms with Crippen molar-refractivity contribution in [2.75, 3.05) is 32.5 Å². The molecule has 7 heteroatoms. The van der Waals surface area contributed by atoms with Crippen molar-refractivity contribution >= 4 is 40.8 Å². The lowest BCUT2D eigenvalue weighted by atomic mass is 9.94. The molecule has 0 radical (unpaired) electrons. The molecule has 2 N–H and O–H groups in total. The quantitative estimate of drug-likeness (QED) is 0.528. The fourth-order valence-electron chi connectivity index (χ4n) is 4.82. The van der Waals surface area contributed by atoms with Gasteiger partial charge in [-0.2, -0.15) is 0 Å². The van der Waals surface area contributed by atoms with Gasteiger partial charge in [0.25, 0.3) is 11.8 Å². The summed E-state index contributed by atoms with van der Waals surface area (Å²) in [5.41, 5.74) is 6.14. The Morgan fingerprint density at radius 3 is 2.65 bits per heavy atom. The average molecular weight is 475 g/mol. The van der Waals surface area contributed by atoms with Crippen LogP contribution in [-0.4, -0.2) is 59.8 Å². The molecule has 174 valence electrons. The number of amides is 2. The molecule has 1 fully saturated rings. The number of hydrogen-bond acceptors (Lipinski definition) is 3. The van der Waals surface area contributed by atoms with E-state index in [1.54, 1.807) is 6.08 Å². The minimum Gasteiger partial charge on any atom is -0.358 e. The summed E-state index contributed by atoms with van der Waals surface area (Å²) in [5, 5.41) is 3.63. The Bertz CT molecular complexity index is 1310. The molecule has 34 heavy (non-hydrogen) atoms. The molecule has 2 aromatic carbocycles. The first-order chi connectivity index (χ1) is 16.3. The molecule has 0 spiro atoms. The second kappa shape index (κ2) is 8.78. The van der Waals surface area contributed by atoms with E-state index in [1.165, 1.54) is 0 Å². The zero-order chi connectivity index (χ0) is 24.0. The second-order valence-corrected chi connectivity index (χ2v) is 9.62. The van der Waals surface area contributed by atoms with Gasteiger partial charge in [0.1, 0.15) is 0 Å². The van der Waals surface area contributed by atoms with Crippen LogP contribution >= 0.6 is 11.6 Å². The number of anilines is 1. The normalized spacial score (nSPS) is 18.6. The topological polar surface area (TPSA) is 68.4 Å². The van der Waals surface area contributed by atoms with Gasteiger partial charge < -0.3 is 20.1 Å². The summed E-state index contributed by atoms with van der Waals surface area (Å²) in [6, 6.07) is 15.6. The number of benzene rings is 2. The lowest BCUT2D eigenvalue weighted by Crippen LogP contribution is -2.34. The first-order valence-electron chi connectivity index (χ1n) is 11.4. The van der Waals surface area contributed by atoms with Gasteiger partial charge in [-0.05, 0) is 68.9 Å². The third kappa shape index (κ3) is 4.04. The molecule has 0 bridgehead atoms. The summed E-state index contributed by atoms with van der Waals surface area (Å²) >= 11 is 6.08. The van der Waals surface area contributed by atoms with E-state index < -0.39 is 0 Å². The molecular weight excluding hydrogens is 448 g/mol. The molecule has 1 atom stereocenters. The zero-order valence-electron chi connectivity index (χ0n) is 19.5. The summed E-state index contributed by atoms with van der Waals surface area (Å²) in [7, 11) is 4.09. The number of H-pyrrole nitrogens is 1. The Balaban J connectivity index is 1.55. The van der Waals surface area contributed by atoms with Crippen LogP contribution in [0.15, 0.2) is 48.5 Å². The van der Waals surface area contributed by atoms with Gasteiger partial charge in [-0.25, -0.2) is 0 Å². The van der Waals surface area contributed by atoms with Crippen molar-refractivity contribution in [3.63, 3.8) is 0 Å². The smallest absolute Gasteiger partial charge is 0.256 e. The molecule has 1 saturated heterocycles. The van der Waals surface area contributed by atoms with Gasteiger partial charge in [-0.3, -0.25) is 9.59 Å². The van der Waals surface area contributed by atoms with E-state index in [9.17, 15) is 9.59 Å². The number of hydrogen-bond donors (Lipinski definition) is 2. The number of aromatic amines is 1. The van der Waals surface area contributed by atoms with Gasteiger partial charge in [0.2, 0.25) is 0 Å². The van der Waals surface area contributed by atoms with Crippen LogP contribution in [0, 0.1) is 6.92 Å². The number of fused-ring (bicyclic) bond motifs is 1. The Morgan fingerprint density at radius 2 is 1.94 bits per heavy atom. The zero-order valence-corrected chi connectivity index (χ0v) is 20.2. The average Bonchev–Trinajstić information content (AvgIpc) is 3.52. The van der Waals surface area contributed by atoms with Crippen LogP contribution in [0.3, 0.4) is 0 Å². The van der Waals surface area contributed by atoms with E-state index in [-0.39, 0.29) is 11.8 Å². The van der Waals surface area contributed by atoms with Gasteiger partial charge >= 0.3 is 0 Å². The molecule has 1 aromatic heterocycles. The van der Waals surface area contributed by atoms with E-state index in [4.69, 9.17) is 11.6 Å². The molecule has 0 saturated carbocycles. The highest BCUT2D eigenvalue weighted by atomic mass is 35.5. The number of halogens is 1. The van der Waals surface area contributed by atoms with Crippen molar-refractivity contribution in [3.8, 4) is 11.1 Å². The molecular formula is C27H27ClN4O2. The number of aryl methyl sites for hydroxylation is 1. The van der Waals surface area contributed by atoms with Crippen LogP contribution in [-0.2, 0) is 4.79 Å². The van der Waals surface area contributed by atoms with E-state index in [2.05, 4.69) is 15.2 Å². The number of nitrogens with one attached hydrogen (secondary N) is 2. The Labute approximate surface area is 204 Å². The summed E-state index contributed by atoms with van der Waals surface area (Å²) in [6.07, 6.45) is 2.76. The molecule has 3 aromatic rings. The van der Waals surface area contributed by atoms with Gasteiger partial charge in [0.05, 0.1) is 16.8 Å². The number of carbonyl (C=O) groups excluding carboxylic acids is 2. The molecule has 3 heterocycles. The van der Waals surface area contributed by atoms with E-state index in [1.807, 2.05) is 74.4 Å². The van der Waals surface area contributed by atoms with Crippen LogP contribution in [0.25, 0.3) is 22.8 Å². The highest BCUT2D eigenvalue weighted by Crippen LogP contribution is 2.41. The molecule has 0 aliphatic carbocycles. The lowest BCUT2D eigenvalue weighted by Gasteiger charge is -2.20. The van der Waals surface area contributed by atoms with Crippen molar-refractivity contribution < 1.29 is 9.59 Å². The first-order valence-corrected chi connectivity index (χ1v) is 11.8. The molecule has 2 aliphatic rings. The largest absolute Gasteiger partial charge is 0.358 e. The summed E-state index contributed by atoms with van der Waals surface area (Å²) in [6.45, 7) is 3.36. The molecule has 2 aliphatic heterocycles. The third-order valence-electron chi connectivity index (χ3n) is 6.66. The number of likely N-dealkylation sites (tertiary alicyclic amines) is 1. The number of nitrogens with zero attached hydrogens (tertiary/aromatic N) is 2. The van der Waals surface area contributed by atoms with Crippen molar-refractivity contribution in [1.82, 2.24) is 14.8 Å². The molecule has 6 nitrogen and oxygen atoms in total. The van der Waals surface area contributed by atoms with Crippen molar-refractivity contribution in [2.24, 2.45) is 0 Å². The standard InChI is InChI=1S/C27H27ClN4O2/c1-16-13-21(27(34)32-12-11-19(15-32)31(2)3)24(29-16)14-22-25-20(17-7-9-18(28)10-8-17)5-4-6-23(25)30-26(22)33/h4-10,13-14,19,29H,11-12,15H2,1-3H3,(H,30,33)/b22-14-/t19-/m1/s1. The summed E-state index contributed by atoms with van der Waals surface area (Å²) < 4.78 is 0. The fourth-order valence-corrected chi connectivity index (χ4v) is 4.95. The maximum absolute atomic E-state index is 13.4. The van der Waals surface area contributed by atoms with Crippen LogP contribution < -0.4 is 5.32 Å². The number of aromatic nitrogens is 1. The number of rotatable bonds is 4. The predicted molar refractivity (Wildman–Crippen MR) is 137 cm³/mol. The van der Waals surface area contributed by atoms with Gasteiger partial charge in [-0.15, -0.1) is 0 Å². The number of likely N-dealkylation sites (N-methyl/N-ethyl adjacent to an activating group) is 1. The Kier molecular flexibility index (Phi) is 5.80.